The fraction of sp³-hybridized carbons (Fsp3) is 0.455. The Kier molecular flexibility index (Phi) is 7.36. The summed E-state index contributed by atoms with van der Waals surface area (Å²) in [5.41, 5.74) is 2.16. The SMILES string of the molecule is CCOc1ccccc1CNc1ccccc1OCCN1CCN(C)CC1. The van der Waals surface area contributed by atoms with Gasteiger partial charge in [0.25, 0.3) is 0 Å². The Morgan fingerprint density at radius 1 is 0.889 bits per heavy atom. The highest BCUT2D eigenvalue weighted by molar-refractivity contribution is 5.56. The van der Waals surface area contributed by atoms with Gasteiger partial charge in [-0.15, -0.1) is 0 Å². The molecule has 2 aromatic carbocycles. The molecule has 0 aliphatic carbocycles. The first-order valence-electron chi connectivity index (χ1n) is 9.83. The summed E-state index contributed by atoms with van der Waals surface area (Å²) >= 11 is 0. The summed E-state index contributed by atoms with van der Waals surface area (Å²) < 4.78 is 11.8. The molecular formula is C22H31N3O2. The van der Waals surface area contributed by atoms with E-state index in [0.717, 1.165) is 55.5 Å². The summed E-state index contributed by atoms with van der Waals surface area (Å²) in [6.07, 6.45) is 0. The molecular weight excluding hydrogens is 338 g/mol. The maximum absolute atomic E-state index is 6.08. The fourth-order valence-corrected chi connectivity index (χ4v) is 3.23. The minimum absolute atomic E-state index is 0.670. The van der Waals surface area contributed by atoms with Crippen LogP contribution in [0.25, 0.3) is 0 Å². The summed E-state index contributed by atoms with van der Waals surface area (Å²) in [5.74, 6) is 1.83. The summed E-state index contributed by atoms with van der Waals surface area (Å²) in [4.78, 5) is 4.84. The number of rotatable bonds is 9. The molecule has 5 heteroatoms. The first-order valence-corrected chi connectivity index (χ1v) is 9.83. The number of piperazine rings is 1. The van der Waals surface area contributed by atoms with E-state index in [4.69, 9.17) is 9.47 Å². The maximum atomic E-state index is 6.08. The van der Waals surface area contributed by atoms with Crippen molar-refractivity contribution in [3.63, 3.8) is 0 Å². The van der Waals surface area contributed by atoms with Crippen molar-refractivity contribution >= 4 is 5.69 Å². The Hall–Kier alpha value is -2.24. The predicted octanol–water partition coefficient (Wildman–Crippen LogP) is 3.32. The number of hydrogen-bond acceptors (Lipinski definition) is 5. The van der Waals surface area contributed by atoms with E-state index in [-0.39, 0.29) is 0 Å². The lowest BCUT2D eigenvalue weighted by molar-refractivity contribution is 0.134. The van der Waals surface area contributed by atoms with Crippen LogP contribution >= 0.6 is 0 Å². The van der Waals surface area contributed by atoms with Crippen LogP contribution in [0.1, 0.15) is 12.5 Å². The van der Waals surface area contributed by atoms with E-state index in [1.807, 2.05) is 43.3 Å². The molecule has 1 heterocycles. The van der Waals surface area contributed by atoms with Crippen molar-refractivity contribution in [1.29, 1.82) is 0 Å². The zero-order chi connectivity index (χ0) is 18.9. The van der Waals surface area contributed by atoms with Gasteiger partial charge in [-0.25, -0.2) is 0 Å². The van der Waals surface area contributed by atoms with Crippen LogP contribution in [0.3, 0.4) is 0 Å². The summed E-state index contributed by atoms with van der Waals surface area (Å²) in [6, 6.07) is 16.3. The van der Waals surface area contributed by atoms with Crippen LogP contribution < -0.4 is 14.8 Å². The number of benzene rings is 2. The van der Waals surface area contributed by atoms with Gasteiger partial charge in [-0.2, -0.15) is 0 Å². The van der Waals surface area contributed by atoms with Crippen molar-refractivity contribution in [2.75, 3.05) is 58.3 Å². The standard InChI is InChI=1S/C22H31N3O2/c1-3-26-21-10-6-4-8-19(21)18-23-20-9-5-7-11-22(20)27-17-16-25-14-12-24(2)13-15-25/h4-11,23H,3,12-18H2,1-2H3. The molecule has 5 nitrogen and oxygen atoms in total. The molecule has 1 saturated heterocycles. The third-order valence-corrected chi connectivity index (χ3v) is 4.89. The van der Waals surface area contributed by atoms with Gasteiger partial charge in [-0.1, -0.05) is 30.3 Å². The molecule has 0 bridgehead atoms. The molecule has 0 amide bonds. The monoisotopic (exact) mass is 369 g/mol. The Bertz CT molecular complexity index is 699. The molecule has 0 saturated carbocycles. The number of nitrogens with zero attached hydrogens (tertiary/aromatic N) is 2. The highest BCUT2D eigenvalue weighted by Gasteiger charge is 2.13. The van der Waals surface area contributed by atoms with E-state index in [2.05, 4.69) is 34.3 Å². The second-order valence-electron chi connectivity index (χ2n) is 6.88. The molecule has 0 atom stereocenters. The van der Waals surface area contributed by atoms with Crippen LogP contribution in [0.15, 0.2) is 48.5 Å². The third kappa shape index (κ3) is 5.88. The van der Waals surface area contributed by atoms with E-state index in [1.54, 1.807) is 0 Å². The lowest BCUT2D eigenvalue weighted by atomic mass is 10.2. The molecule has 0 unspecified atom stereocenters. The van der Waals surface area contributed by atoms with Crippen LogP contribution in [0.4, 0.5) is 5.69 Å². The van der Waals surface area contributed by atoms with Crippen molar-refractivity contribution in [3.8, 4) is 11.5 Å². The van der Waals surface area contributed by atoms with Gasteiger partial charge in [0, 0.05) is 44.8 Å². The van der Waals surface area contributed by atoms with Gasteiger partial charge in [-0.3, -0.25) is 4.90 Å². The number of likely N-dealkylation sites (N-methyl/N-ethyl adjacent to an activating group) is 1. The van der Waals surface area contributed by atoms with Gasteiger partial charge in [0.1, 0.15) is 18.1 Å². The molecule has 2 aromatic rings. The fourth-order valence-electron chi connectivity index (χ4n) is 3.23. The molecule has 1 N–H and O–H groups in total. The predicted molar refractivity (Wildman–Crippen MR) is 111 cm³/mol. The normalized spacial score (nSPS) is 15.5. The molecule has 1 fully saturated rings. The highest BCUT2D eigenvalue weighted by Crippen LogP contribution is 2.26. The van der Waals surface area contributed by atoms with Crippen LogP contribution in [0.5, 0.6) is 11.5 Å². The van der Waals surface area contributed by atoms with Gasteiger partial charge in [0.2, 0.25) is 0 Å². The van der Waals surface area contributed by atoms with Crippen LogP contribution in [-0.2, 0) is 6.54 Å². The molecule has 27 heavy (non-hydrogen) atoms. The first-order chi connectivity index (χ1) is 13.3. The van der Waals surface area contributed by atoms with E-state index in [9.17, 15) is 0 Å². The highest BCUT2D eigenvalue weighted by atomic mass is 16.5. The third-order valence-electron chi connectivity index (χ3n) is 4.89. The number of anilines is 1. The average molecular weight is 370 g/mol. The Labute approximate surface area is 162 Å². The van der Waals surface area contributed by atoms with Gasteiger partial charge in [0.05, 0.1) is 12.3 Å². The Balaban J connectivity index is 1.53. The van der Waals surface area contributed by atoms with E-state index in [0.29, 0.717) is 19.8 Å². The van der Waals surface area contributed by atoms with Gasteiger partial charge in [-0.05, 0) is 32.2 Å². The smallest absolute Gasteiger partial charge is 0.142 e. The number of ether oxygens (including phenoxy) is 2. The zero-order valence-electron chi connectivity index (χ0n) is 16.5. The summed E-state index contributed by atoms with van der Waals surface area (Å²) in [7, 11) is 2.18. The maximum Gasteiger partial charge on any atom is 0.142 e. The van der Waals surface area contributed by atoms with Crippen LogP contribution in [-0.4, -0.2) is 62.8 Å². The topological polar surface area (TPSA) is 37.0 Å². The summed E-state index contributed by atoms with van der Waals surface area (Å²) in [6.45, 7) is 9.57. The molecule has 0 spiro atoms. The molecule has 0 radical (unpaired) electrons. The minimum atomic E-state index is 0.670. The van der Waals surface area contributed by atoms with E-state index >= 15 is 0 Å². The quantitative estimate of drug-likeness (QED) is 0.734. The van der Waals surface area contributed by atoms with Crippen molar-refractivity contribution in [2.45, 2.75) is 13.5 Å². The summed E-state index contributed by atoms with van der Waals surface area (Å²) in [5, 5.41) is 3.50. The largest absolute Gasteiger partial charge is 0.494 e. The van der Waals surface area contributed by atoms with Gasteiger partial charge >= 0.3 is 0 Å². The number of para-hydroxylation sites is 3. The van der Waals surface area contributed by atoms with Crippen molar-refractivity contribution in [1.82, 2.24) is 9.80 Å². The molecule has 1 aliphatic rings. The van der Waals surface area contributed by atoms with Crippen molar-refractivity contribution < 1.29 is 9.47 Å². The Morgan fingerprint density at radius 3 is 2.37 bits per heavy atom. The lowest BCUT2D eigenvalue weighted by Gasteiger charge is -2.32. The minimum Gasteiger partial charge on any atom is -0.494 e. The molecule has 0 aromatic heterocycles. The second-order valence-corrected chi connectivity index (χ2v) is 6.88. The second kappa shape index (κ2) is 10.2. The number of nitrogens with one attached hydrogen (secondary N) is 1. The first kappa shape index (κ1) is 19.5. The average Bonchev–Trinajstić information content (AvgIpc) is 2.70. The van der Waals surface area contributed by atoms with E-state index < -0.39 is 0 Å². The zero-order valence-corrected chi connectivity index (χ0v) is 16.5. The van der Waals surface area contributed by atoms with E-state index in [1.165, 1.54) is 0 Å². The van der Waals surface area contributed by atoms with Crippen LogP contribution in [0.2, 0.25) is 0 Å². The van der Waals surface area contributed by atoms with Gasteiger partial charge < -0.3 is 19.7 Å². The molecule has 1 aliphatic heterocycles. The Morgan fingerprint density at radius 2 is 1.59 bits per heavy atom. The lowest BCUT2D eigenvalue weighted by Crippen LogP contribution is -2.45. The van der Waals surface area contributed by atoms with Crippen molar-refractivity contribution in [3.05, 3.63) is 54.1 Å². The van der Waals surface area contributed by atoms with Crippen molar-refractivity contribution in [2.24, 2.45) is 0 Å². The molecule has 146 valence electrons. The molecule has 3 rings (SSSR count). The van der Waals surface area contributed by atoms with Crippen LogP contribution in [0, 0.1) is 0 Å². The number of hydrogen-bond donors (Lipinski definition) is 1. The van der Waals surface area contributed by atoms with Gasteiger partial charge in [0.15, 0.2) is 0 Å².